The third-order valence-corrected chi connectivity index (χ3v) is 4.67. The van der Waals surface area contributed by atoms with E-state index in [1.54, 1.807) is 19.5 Å². The quantitative estimate of drug-likeness (QED) is 0.809. The van der Waals surface area contributed by atoms with Crippen LogP contribution in [0.4, 0.5) is 0 Å². The van der Waals surface area contributed by atoms with Crippen molar-refractivity contribution < 1.29 is 14.3 Å². The lowest BCUT2D eigenvalue weighted by Gasteiger charge is -2.32. The average Bonchev–Trinajstić information content (AvgIpc) is 2.69. The number of pyridine rings is 1. The Morgan fingerprint density at radius 1 is 1.20 bits per heavy atom. The Balaban J connectivity index is 1.46. The number of aromatic nitrogens is 1. The van der Waals surface area contributed by atoms with Crippen molar-refractivity contribution in [1.82, 2.24) is 9.88 Å². The Kier molecular flexibility index (Phi) is 5.88. The fraction of sp³-hybridized carbons (Fsp3) is 0.400. The maximum absolute atomic E-state index is 12.7. The highest BCUT2D eigenvalue weighted by Crippen LogP contribution is 2.25. The topological polar surface area (TPSA) is 51.7 Å². The second-order valence-electron chi connectivity index (χ2n) is 6.26. The first-order valence-corrected chi connectivity index (χ1v) is 8.73. The van der Waals surface area contributed by atoms with Crippen molar-refractivity contribution in [2.45, 2.75) is 19.3 Å². The Morgan fingerprint density at radius 3 is 2.72 bits per heavy atom. The minimum Gasteiger partial charge on any atom is -0.496 e. The summed E-state index contributed by atoms with van der Waals surface area (Å²) in [5.41, 5.74) is 0.642. The number of ether oxygens (including phenoxy) is 2. The maximum atomic E-state index is 12.7. The number of hydrogen-bond acceptors (Lipinski definition) is 4. The molecule has 0 radical (unpaired) electrons. The van der Waals surface area contributed by atoms with Gasteiger partial charge in [-0.15, -0.1) is 0 Å². The van der Waals surface area contributed by atoms with E-state index in [1.807, 2.05) is 41.3 Å². The number of amides is 1. The molecule has 0 spiro atoms. The maximum Gasteiger partial charge on any atom is 0.257 e. The molecule has 0 aliphatic carbocycles. The van der Waals surface area contributed by atoms with E-state index in [0.29, 0.717) is 23.8 Å². The van der Waals surface area contributed by atoms with Crippen LogP contribution in [0.2, 0.25) is 0 Å². The van der Waals surface area contributed by atoms with Gasteiger partial charge >= 0.3 is 0 Å². The number of nitrogens with zero attached hydrogens (tertiary/aromatic N) is 2. The highest BCUT2D eigenvalue weighted by atomic mass is 16.5. The Hall–Kier alpha value is -2.56. The summed E-state index contributed by atoms with van der Waals surface area (Å²) in [5.74, 6) is 2.10. The first kappa shape index (κ1) is 17.3. The predicted molar refractivity (Wildman–Crippen MR) is 96.0 cm³/mol. The third kappa shape index (κ3) is 4.50. The Labute approximate surface area is 148 Å². The lowest BCUT2D eigenvalue weighted by molar-refractivity contribution is 0.0676. The van der Waals surface area contributed by atoms with Gasteiger partial charge < -0.3 is 14.4 Å². The van der Waals surface area contributed by atoms with E-state index >= 15 is 0 Å². The molecule has 0 saturated carbocycles. The molecular formula is C20H24N2O3. The fourth-order valence-electron chi connectivity index (χ4n) is 3.19. The highest BCUT2D eigenvalue weighted by Gasteiger charge is 2.25. The molecule has 1 amide bonds. The van der Waals surface area contributed by atoms with Crippen molar-refractivity contribution >= 4 is 5.91 Å². The zero-order valence-electron chi connectivity index (χ0n) is 14.6. The molecule has 1 aliphatic rings. The van der Waals surface area contributed by atoms with E-state index in [4.69, 9.17) is 9.47 Å². The number of hydrogen-bond donors (Lipinski definition) is 0. The zero-order chi connectivity index (χ0) is 17.5. The third-order valence-electron chi connectivity index (χ3n) is 4.67. The Morgan fingerprint density at radius 2 is 2.00 bits per heavy atom. The fourth-order valence-corrected chi connectivity index (χ4v) is 3.19. The molecule has 0 atom stereocenters. The molecule has 25 heavy (non-hydrogen) atoms. The number of benzene rings is 1. The molecule has 2 heterocycles. The number of para-hydroxylation sites is 1. The van der Waals surface area contributed by atoms with Crippen molar-refractivity contribution in [3.05, 3.63) is 54.4 Å². The van der Waals surface area contributed by atoms with Crippen LogP contribution in [-0.4, -0.2) is 42.6 Å². The largest absolute Gasteiger partial charge is 0.496 e. The number of piperidine rings is 1. The second kappa shape index (κ2) is 8.51. The summed E-state index contributed by atoms with van der Waals surface area (Å²) in [4.78, 5) is 18.7. The summed E-state index contributed by atoms with van der Waals surface area (Å²) >= 11 is 0. The monoisotopic (exact) mass is 340 g/mol. The molecule has 2 aromatic rings. The van der Waals surface area contributed by atoms with E-state index in [0.717, 1.165) is 38.1 Å². The van der Waals surface area contributed by atoms with Crippen molar-refractivity contribution in [3.63, 3.8) is 0 Å². The van der Waals surface area contributed by atoms with Gasteiger partial charge in [0.2, 0.25) is 0 Å². The number of likely N-dealkylation sites (tertiary alicyclic amines) is 1. The number of carbonyl (C=O) groups is 1. The van der Waals surface area contributed by atoms with Crippen molar-refractivity contribution in [1.29, 1.82) is 0 Å². The molecule has 132 valence electrons. The molecule has 5 heteroatoms. The van der Waals surface area contributed by atoms with Crippen LogP contribution in [0, 0.1) is 5.92 Å². The predicted octanol–water partition coefficient (Wildman–Crippen LogP) is 3.41. The number of rotatable bonds is 6. The van der Waals surface area contributed by atoms with E-state index in [1.165, 1.54) is 0 Å². The molecule has 1 aromatic heterocycles. The van der Waals surface area contributed by atoms with Gasteiger partial charge in [0.1, 0.15) is 11.5 Å². The summed E-state index contributed by atoms with van der Waals surface area (Å²) in [5, 5.41) is 0. The van der Waals surface area contributed by atoms with E-state index in [-0.39, 0.29) is 5.91 Å². The van der Waals surface area contributed by atoms with Gasteiger partial charge in [0.05, 0.1) is 25.5 Å². The highest BCUT2D eigenvalue weighted by molar-refractivity contribution is 5.97. The lowest BCUT2D eigenvalue weighted by Crippen LogP contribution is -2.38. The second-order valence-corrected chi connectivity index (χ2v) is 6.26. The van der Waals surface area contributed by atoms with Gasteiger partial charge in [-0.05, 0) is 49.4 Å². The van der Waals surface area contributed by atoms with Crippen molar-refractivity contribution in [2.75, 3.05) is 26.8 Å². The molecule has 0 unspecified atom stereocenters. The minimum atomic E-state index is 0.0579. The van der Waals surface area contributed by atoms with Crippen molar-refractivity contribution in [3.8, 4) is 11.5 Å². The van der Waals surface area contributed by atoms with E-state index < -0.39 is 0 Å². The lowest BCUT2D eigenvalue weighted by atomic mass is 9.93. The van der Waals surface area contributed by atoms with Gasteiger partial charge in [-0.25, -0.2) is 0 Å². The molecular weight excluding hydrogens is 316 g/mol. The summed E-state index contributed by atoms with van der Waals surface area (Å²) in [6.45, 7) is 2.26. The molecule has 3 rings (SSSR count). The molecule has 0 N–H and O–H groups in total. The molecule has 1 fully saturated rings. The number of carbonyl (C=O) groups excluding carboxylic acids is 1. The minimum absolute atomic E-state index is 0.0579. The van der Waals surface area contributed by atoms with Crippen LogP contribution < -0.4 is 9.47 Å². The normalized spacial score (nSPS) is 15.0. The van der Waals surface area contributed by atoms with Gasteiger partial charge in [-0.1, -0.05) is 12.1 Å². The molecule has 1 saturated heterocycles. The average molecular weight is 340 g/mol. The van der Waals surface area contributed by atoms with Crippen LogP contribution in [0.25, 0.3) is 0 Å². The van der Waals surface area contributed by atoms with Crippen LogP contribution in [0.1, 0.15) is 29.6 Å². The van der Waals surface area contributed by atoms with E-state index in [9.17, 15) is 4.79 Å². The summed E-state index contributed by atoms with van der Waals surface area (Å²) in [6, 6.07) is 11.2. The van der Waals surface area contributed by atoms with Crippen molar-refractivity contribution in [2.24, 2.45) is 5.92 Å². The summed E-state index contributed by atoms with van der Waals surface area (Å²) in [6.07, 6.45) is 6.50. The molecule has 1 aromatic carbocycles. The van der Waals surface area contributed by atoms with Gasteiger partial charge in [0.25, 0.3) is 5.91 Å². The number of methoxy groups -OCH3 is 1. The zero-order valence-corrected chi connectivity index (χ0v) is 14.6. The van der Waals surface area contributed by atoms with Gasteiger partial charge in [-0.3, -0.25) is 9.78 Å². The van der Waals surface area contributed by atoms with E-state index in [2.05, 4.69) is 4.98 Å². The van der Waals surface area contributed by atoms with Crippen LogP contribution >= 0.6 is 0 Å². The first-order chi connectivity index (χ1) is 12.3. The molecule has 0 bridgehead atoms. The van der Waals surface area contributed by atoms with Gasteiger partial charge in [-0.2, -0.15) is 0 Å². The first-order valence-electron chi connectivity index (χ1n) is 8.73. The van der Waals surface area contributed by atoms with Crippen LogP contribution in [-0.2, 0) is 0 Å². The molecule has 5 nitrogen and oxygen atoms in total. The van der Waals surface area contributed by atoms with Crippen LogP contribution in [0.15, 0.2) is 48.8 Å². The van der Waals surface area contributed by atoms with Gasteiger partial charge in [0.15, 0.2) is 0 Å². The summed E-state index contributed by atoms with van der Waals surface area (Å²) in [7, 11) is 1.60. The summed E-state index contributed by atoms with van der Waals surface area (Å²) < 4.78 is 11.0. The standard InChI is InChI=1S/C20H24N2O3/c1-24-19-7-3-2-6-18(19)20(23)22-12-8-16(9-13-22)10-14-25-17-5-4-11-21-15-17/h2-7,11,15-16H,8-10,12-14H2,1H3. The van der Waals surface area contributed by atoms with Gasteiger partial charge in [0, 0.05) is 19.3 Å². The van der Waals surface area contributed by atoms with Crippen LogP contribution in [0.5, 0.6) is 11.5 Å². The molecule has 1 aliphatic heterocycles. The van der Waals surface area contributed by atoms with Crippen LogP contribution in [0.3, 0.4) is 0 Å². The Bertz CT molecular complexity index is 682. The SMILES string of the molecule is COc1ccccc1C(=O)N1CCC(CCOc2cccnc2)CC1. The smallest absolute Gasteiger partial charge is 0.257 e.